The Balaban J connectivity index is 6.97. The molecule has 0 saturated heterocycles. The van der Waals surface area contributed by atoms with Crippen LogP contribution in [0, 0.1) is 0 Å². The van der Waals surface area contributed by atoms with Crippen molar-refractivity contribution in [3.05, 3.63) is 0 Å². The van der Waals surface area contributed by atoms with Crippen LogP contribution in [-0.2, 0) is 14.6 Å². The van der Waals surface area contributed by atoms with E-state index in [2.05, 4.69) is 4.89 Å². The minimum absolute atomic E-state index is 0.0470. The monoisotopic (exact) mass is 594 g/mol. The molecule has 0 heterocycles. The van der Waals surface area contributed by atoms with Gasteiger partial charge in [0, 0.05) is 6.92 Å². The predicted molar refractivity (Wildman–Crippen MR) is 63.4 cm³/mol. The maximum Gasteiger partial charge on any atom is 0.461 e. The highest BCUT2D eigenvalue weighted by atomic mass is 19.4. The van der Waals surface area contributed by atoms with Gasteiger partial charge in [0.1, 0.15) is 0 Å². The molecule has 0 aromatic heterocycles. The Morgan fingerprint density at radius 1 is 0.417 bits per heavy atom. The Morgan fingerprint density at radius 3 is 0.861 bits per heavy atom. The fourth-order valence-electron chi connectivity index (χ4n) is 1.71. The summed E-state index contributed by atoms with van der Waals surface area (Å²) >= 11 is 0. The molecule has 0 rings (SSSR count). The van der Waals surface area contributed by atoms with E-state index in [-0.39, 0.29) is 6.92 Å². The second-order valence-corrected chi connectivity index (χ2v) is 6.27. The standard InChI is InChI=1S/C12H3F21O3/c1-2(34)35-36-12(32,33)10(27,28)8(23,24)6(19,20)4(15,16)3(13,14)5(17,18)7(21,22)9(25,26)11(29,30)31/h1H3. The molecule has 36 heavy (non-hydrogen) atoms. The molecular formula is C12H3F21O3. The van der Waals surface area contributed by atoms with Gasteiger partial charge in [-0.1, -0.05) is 0 Å². The SMILES string of the molecule is CC(=O)OOC(F)(F)C(F)(F)C(F)(F)C(F)(F)C(F)(F)C(F)(F)C(F)(F)C(F)(F)C(F)(F)C(F)(F)F. The minimum atomic E-state index is -9.26. The summed E-state index contributed by atoms with van der Waals surface area (Å²) in [6.07, 6.45) is -15.5. The lowest BCUT2D eigenvalue weighted by Crippen LogP contribution is -2.77. The molecule has 0 spiro atoms. The number of alkyl halides is 21. The first-order chi connectivity index (χ1) is 15.2. The Kier molecular flexibility index (Phi) is 8.01. The van der Waals surface area contributed by atoms with Crippen LogP contribution < -0.4 is 0 Å². The molecule has 0 aliphatic carbocycles. The van der Waals surface area contributed by atoms with Gasteiger partial charge in [0.15, 0.2) is 0 Å². The van der Waals surface area contributed by atoms with Crippen molar-refractivity contribution in [3.63, 3.8) is 0 Å². The van der Waals surface area contributed by atoms with E-state index in [9.17, 15) is 97.0 Å². The van der Waals surface area contributed by atoms with Gasteiger partial charge in [0.2, 0.25) is 0 Å². The van der Waals surface area contributed by atoms with Crippen molar-refractivity contribution in [1.82, 2.24) is 0 Å². The summed E-state index contributed by atoms with van der Waals surface area (Å²) in [6.45, 7) is -0.0470. The number of carbonyl (C=O) groups is 1. The van der Waals surface area contributed by atoms with Gasteiger partial charge in [-0.2, -0.15) is 92.2 Å². The van der Waals surface area contributed by atoms with Crippen LogP contribution in [0.25, 0.3) is 0 Å². The molecule has 0 amide bonds. The van der Waals surface area contributed by atoms with E-state index in [4.69, 9.17) is 0 Å². The average Bonchev–Trinajstić information content (AvgIpc) is 2.64. The third-order valence-corrected chi connectivity index (χ3v) is 3.75. The Labute approximate surface area is 181 Å². The minimum Gasteiger partial charge on any atom is -0.292 e. The molecule has 3 nitrogen and oxygen atoms in total. The molecule has 0 N–H and O–H groups in total. The fourth-order valence-corrected chi connectivity index (χ4v) is 1.71. The topological polar surface area (TPSA) is 35.5 Å². The highest BCUT2D eigenvalue weighted by Gasteiger charge is 2.98. The van der Waals surface area contributed by atoms with Crippen LogP contribution in [0.1, 0.15) is 6.92 Å². The molecule has 0 aliphatic rings. The van der Waals surface area contributed by atoms with Crippen LogP contribution in [0.4, 0.5) is 92.2 Å². The summed E-state index contributed by atoms with van der Waals surface area (Å²) in [5.41, 5.74) is 0. The number of carbonyl (C=O) groups excluding carboxylic acids is 1. The highest BCUT2D eigenvalue weighted by Crippen LogP contribution is 2.66. The zero-order valence-electron chi connectivity index (χ0n) is 15.7. The van der Waals surface area contributed by atoms with Crippen molar-refractivity contribution < 1.29 is 107 Å². The summed E-state index contributed by atoms with van der Waals surface area (Å²) in [5, 5.41) is 0. The molecular weight excluding hydrogens is 591 g/mol. The van der Waals surface area contributed by atoms with Gasteiger partial charge >= 0.3 is 65.6 Å². The third-order valence-electron chi connectivity index (χ3n) is 3.75. The van der Waals surface area contributed by atoms with Crippen molar-refractivity contribution in [2.45, 2.75) is 66.6 Å². The van der Waals surface area contributed by atoms with Crippen molar-refractivity contribution >= 4 is 5.97 Å². The quantitative estimate of drug-likeness (QED) is 0.160. The molecule has 0 atom stereocenters. The summed E-state index contributed by atoms with van der Waals surface area (Å²) in [5.74, 6) is -73.6. The summed E-state index contributed by atoms with van der Waals surface area (Å²) in [4.78, 5) is 14.6. The van der Waals surface area contributed by atoms with Gasteiger partial charge < -0.3 is 0 Å². The van der Waals surface area contributed by atoms with Crippen LogP contribution in [0.15, 0.2) is 0 Å². The second kappa shape index (κ2) is 8.49. The van der Waals surface area contributed by atoms with Crippen LogP contribution in [0.2, 0.25) is 0 Å². The van der Waals surface area contributed by atoms with E-state index in [1.165, 1.54) is 0 Å². The van der Waals surface area contributed by atoms with E-state index in [0.29, 0.717) is 0 Å². The summed E-state index contributed by atoms with van der Waals surface area (Å²) in [6, 6.07) is 0. The van der Waals surface area contributed by atoms with Gasteiger partial charge in [-0.05, 0) is 0 Å². The van der Waals surface area contributed by atoms with E-state index >= 15 is 0 Å². The lowest BCUT2D eigenvalue weighted by Gasteiger charge is -2.44. The molecule has 0 unspecified atom stereocenters. The van der Waals surface area contributed by atoms with Crippen molar-refractivity contribution in [2.24, 2.45) is 0 Å². The number of halogens is 21. The molecule has 0 fully saturated rings. The first-order valence-electron chi connectivity index (χ1n) is 7.50. The first kappa shape index (κ1) is 34.0. The zero-order valence-corrected chi connectivity index (χ0v) is 15.7. The van der Waals surface area contributed by atoms with Gasteiger partial charge in [-0.15, -0.1) is 4.89 Å². The van der Waals surface area contributed by atoms with Crippen molar-refractivity contribution in [3.8, 4) is 0 Å². The Bertz CT molecular complexity index is 824. The lowest BCUT2D eigenvalue weighted by atomic mass is 9.87. The molecule has 0 aromatic carbocycles. The van der Waals surface area contributed by atoms with E-state index in [1.54, 1.807) is 0 Å². The average molecular weight is 594 g/mol. The molecule has 0 radical (unpaired) electrons. The first-order valence-corrected chi connectivity index (χ1v) is 7.50. The zero-order chi connectivity index (χ0) is 30.0. The van der Waals surface area contributed by atoms with Crippen LogP contribution in [0.3, 0.4) is 0 Å². The van der Waals surface area contributed by atoms with E-state index in [1.807, 2.05) is 4.89 Å². The number of rotatable bonds is 10. The smallest absolute Gasteiger partial charge is 0.292 e. The Hall–Kier alpha value is -2.04. The van der Waals surface area contributed by atoms with Gasteiger partial charge in [-0.3, -0.25) is 4.89 Å². The lowest BCUT2D eigenvalue weighted by molar-refractivity contribution is -0.515. The largest absolute Gasteiger partial charge is 0.461 e. The van der Waals surface area contributed by atoms with Crippen LogP contribution in [-0.4, -0.2) is 65.6 Å². The van der Waals surface area contributed by atoms with Gasteiger partial charge in [0.25, 0.3) is 0 Å². The third kappa shape index (κ3) is 4.24. The summed E-state index contributed by atoms with van der Waals surface area (Å²) in [7, 11) is 0. The number of hydrogen-bond acceptors (Lipinski definition) is 3. The highest BCUT2D eigenvalue weighted by molar-refractivity contribution is 5.65. The van der Waals surface area contributed by atoms with E-state index in [0.717, 1.165) is 0 Å². The Morgan fingerprint density at radius 2 is 0.639 bits per heavy atom. The maximum absolute atomic E-state index is 13.4. The second-order valence-electron chi connectivity index (χ2n) is 6.27. The van der Waals surface area contributed by atoms with Crippen molar-refractivity contribution in [2.75, 3.05) is 0 Å². The van der Waals surface area contributed by atoms with Gasteiger partial charge in [-0.25, -0.2) is 4.79 Å². The fraction of sp³-hybridized carbons (Fsp3) is 0.917. The normalized spacial score (nSPS) is 16.3. The predicted octanol–water partition coefficient (Wildman–Crippen LogP) is 6.72. The molecule has 216 valence electrons. The maximum atomic E-state index is 13.4. The molecule has 0 bridgehead atoms. The summed E-state index contributed by atoms with van der Waals surface area (Å²) < 4.78 is 273. The molecule has 0 aromatic rings. The molecule has 0 saturated carbocycles. The molecule has 24 heteroatoms. The van der Waals surface area contributed by atoms with Crippen LogP contribution in [0.5, 0.6) is 0 Å². The van der Waals surface area contributed by atoms with E-state index < -0.39 is 65.6 Å². The molecule has 0 aliphatic heterocycles. The number of hydrogen-bond donors (Lipinski definition) is 0. The van der Waals surface area contributed by atoms with Gasteiger partial charge in [0.05, 0.1) is 0 Å². The van der Waals surface area contributed by atoms with Crippen molar-refractivity contribution in [1.29, 1.82) is 0 Å². The van der Waals surface area contributed by atoms with Crippen LogP contribution >= 0.6 is 0 Å².